The smallest absolute Gasteiger partial charge is 0.193 e. The number of anilines is 1. The van der Waals surface area contributed by atoms with E-state index >= 15 is 0 Å². The van der Waals surface area contributed by atoms with Gasteiger partial charge in [-0.1, -0.05) is 41.9 Å². The molecule has 0 bridgehead atoms. The lowest BCUT2D eigenvalue weighted by atomic mass is 10.2. The molecule has 1 heterocycles. The Hall–Kier alpha value is -1.32. The summed E-state index contributed by atoms with van der Waals surface area (Å²) in [6.07, 6.45) is 0. The number of rotatable bonds is 5. The summed E-state index contributed by atoms with van der Waals surface area (Å²) in [5.41, 5.74) is 1.08. The highest BCUT2D eigenvalue weighted by molar-refractivity contribution is 14.0. The summed E-state index contributed by atoms with van der Waals surface area (Å²) in [6.45, 7) is 4.14. The summed E-state index contributed by atoms with van der Waals surface area (Å²) in [7, 11) is 0.790. The van der Waals surface area contributed by atoms with Crippen LogP contribution in [0.4, 0.5) is 5.69 Å². The van der Waals surface area contributed by atoms with E-state index in [0.717, 1.165) is 47.7 Å². The molecule has 5 nitrogen and oxygen atoms in total. The van der Waals surface area contributed by atoms with Crippen molar-refractivity contribution in [3.63, 3.8) is 0 Å². The van der Waals surface area contributed by atoms with Crippen LogP contribution in [0.25, 0.3) is 0 Å². The van der Waals surface area contributed by atoms with Crippen LogP contribution in [0.15, 0.2) is 64.5 Å². The fourth-order valence-electron chi connectivity index (χ4n) is 3.15. The van der Waals surface area contributed by atoms with E-state index < -0.39 is 10.8 Å². The predicted octanol–water partition coefficient (Wildman–Crippen LogP) is 3.46. The van der Waals surface area contributed by atoms with Gasteiger partial charge in [0.25, 0.3) is 0 Å². The van der Waals surface area contributed by atoms with Crippen LogP contribution in [0.2, 0.25) is 5.02 Å². The van der Waals surface area contributed by atoms with Crippen LogP contribution < -0.4 is 10.2 Å². The van der Waals surface area contributed by atoms with Crippen molar-refractivity contribution in [1.82, 2.24) is 10.2 Å². The maximum absolute atomic E-state index is 12.3. The Morgan fingerprint density at radius 1 is 1.07 bits per heavy atom. The van der Waals surface area contributed by atoms with Crippen molar-refractivity contribution in [3.05, 3.63) is 59.6 Å². The van der Waals surface area contributed by atoms with Crippen molar-refractivity contribution in [2.45, 2.75) is 4.90 Å². The van der Waals surface area contributed by atoms with Crippen LogP contribution in [0, 0.1) is 0 Å². The minimum Gasteiger partial charge on any atom is -0.367 e. The van der Waals surface area contributed by atoms with Crippen LogP contribution in [-0.4, -0.2) is 60.6 Å². The summed E-state index contributed by atoms with van der Waals surface area (Å²) in [6, 6.07) is 17.5. The minimum atomic E-state index is -0.999. The highest BCUT2D eigenvalue weighted by atomic mass is 127. The zero-order valence-corrected chi connectivity index (χ0v) is 19.8. The van der Waals surface area contributed by atoms with Crippen molar-refractivity contribution in [2.24, 2.45) is 4.99 Å². The number of hydrogen-bond donors (Lipinski definition) is 1. The maximum Gasteiger partial charge on any atom is 0.193 e. The number of hydrogen-bond acceptors (Lipinski definition) is 3. The van der Waals surface area contributed by atoms with Crippen molar-refractivity contribution < 1.29 is 4.21 Å². The van der Waals surface area contributed by atoms with Crippen molar-refractivity contribution >= 4 is 58.0 Å². The molecule has 0 radical (unpaired) electrons. The number of piperazine rings is 1. The highest BCUT2D eigenvalue weighted by Gasteiger charge is 2.21. The van der Waals surface area contributed by atoms with Gasteiger partial charge in [-0.25, -0.2) is 0 Å². The second-order valence-corrected chi connectivity index (χ2v) is 8.24. The molecule has 1 atom stereocenters. The number of halogens is 2. The molecule has 1 aliphatic rings. The first kappa shape index (κ1) is 23.0. The van der Waals surface area contributed by atoms with E-state index in [1.807, 2.05) is 48.5 Å². The van der Waals surface area contributed by atoms with Crippen molar-refractivity contribution in [1.29, 1.82) is 0 Å². The third-order valence-electron chi connectivity index (χ3n) is 4.56. The van der Waals surface area contributed by atoms with E-state index in [-0.39, 0.29) is 24.0 Å². The molecule has 0 aromatic heterocycles. The quantitative estimate of drug-likeness (QED) is 0.364. The largest absolute Gasteiger partial charge is 0.367 e. The number of benzene rings is 2. The van der Waals surface area contributed by atoms with Gasteiger partial charge in [0.15, 0.2) is 5.96 Å². The first-order chi connectivity index (χ1) is 13.2. The van der Waals surface area contributed by atoms with E-state index in [9.17, 15) is 4.21 Å². The third kappa shape index (κ3) is 6.09. The molecule has 8 heteroatoms. The monoisotopic (exact) mass is 532 g/mol. The fourth-order valence-corrected chi connectivity index (χ4v) is 4.38. The van der Waals surface area contributed by atoms with E-state index in [1.54, 1.807) is 7.05 Å². The number of nitrogens with one attached hydrogen (secondary N) is 1. The molecule has 1 N–H and O–H groups in total. The molecule has 0 aliphatic carbocycles. The topological polar surface area (TPSA) is 47.9 Å². The van der Waals surface area contributed by atoms with Crippen LogP contribution in [-0.2, 0) is 10.8 Å². The zero-order chi connectivity index (χ0) is 19.1. The number of nitrogens with zero attached hydrogens (tertiary/aromatic N) is 3. The molecule has 2 aromatic rings. The average Bonchev–Trinajstić information content (AvgIpc) is 2.72. The van der Waals surface area contributed by atoms with E-state index in [2.05, 4.69) is 26.2 Å². The van der Waals surface area contributed by atoms with Gasteiger partial charge in [0, 0.05) is 50.4 Å². The molecule has 3 rings (SSSR count). The average molecular weight is 533 g/mol. The van der Waals surface area contributed by atoms with Crippen LogP contribution in [0.3, 0.4) is 0 Å². The van der Waals surface area contributed by atoms with E-state index in [0.29, 0.717) is 12.3 Å². The lowest BCUT2D eigenvalue weighted by molar-refractivity contribution is 0.373. The molecule has 152 valence electrons. The molecule has 1 saturated heterocycles. The summed E-state index contributed by atoms with van der Waals surface area (Å²) in [5, 5.41) is 4.13. The number of aliphatic imine (C=N–C) groups is 1. The lowest BCUT2D eigenvalue weighted by Crippen LogP contribution is -2.53. The normalized spacial score (nSPS) is 15.7. The number of para-hydroxylation sites is 1. The maximum atomic E-state index is 12.3. The Morgan fingerprint density at radius 2 is 1.71 bits per heavy atom. The van der Waals surface area contributed by atoms with Crippen LogP contribution in [0.5, 0.6) is 0 Å². The molecule has 0 spiro atoms. The van der Waals surface area contributed by atoms with Gasteiger partial charge >= 0.3 is 0 Å². The highest BCUT2D eigenvalue weighted by Crippen LogP contribution is 2.25. The summed E-state index contributed by atoms with van der Waals surface area (Å²) in [5.74, 6) is 1.42. The molecule has 1 aliphatic heterocycles. The lowest BCUT2D eigenvalue weighted by Gasteiger charge is -2.38. The first-order valence-electron chi connectivity index (χ1n) is 9.07. The number of guanidine groups is 1. The van der Waals surface area contributed by atoms with E-state index in [4.69, 9.17) is 11.6 Å². The van der Waals surface area contributed by atoms with Crippen molar-refractivity contribution in [3.8, 4) is 0 Å². The third-order valence-corrected chi connectivity index (χ3v) is 6.25. The van der Waals surface area contributed by atoms with Gasteiger partial charge in [-0.3, -0.25) is 9.20 Å². The van der Waals surface area contributed by atoms with Gasteiger partial charge in [0.05, 0.1) is 21.5 Å². The van der Waals surface area contributed by atoms with Crippen LogP contribution in [0.1, 0.15) is 0 Å². The molecule has 1 fully saturated rings. The molecule has 0 saturated carbocycles. The Morgan fingerprint density at radius 3 is 2.36 bits per heavy atom. The minimum absolute atomic E-state index is 0. The molecule has 28 heavy (non-hydrogen) atoms. The van der Waals surface area contributed by atoms with Gasteiger partial charge in [-0.05, 0) is 24.3 Å². The zero-order valence-electron chi connectivity index (χ0n) is 15.9. The molecule has 1 unspecified atom stereocenters. The molecular formula is C20H26ClIN4OS. The Balaban J connectivity index is 0.00000280. The SMILES string of the molecule is CN=C(NCCS(=O)c1ccccc1)N1CCN(c2ccccc2Cl)CC1.I. The summed E-state index contributed by atoms with van der Waals surface area (Å²) >= 11 is 6.31. The molecule has 0 amide bonds. The Bertz CT molecular complexity index is 798. The van der Waals surface area contributed by atoms with Gasteiger partial charge in [0.1, 0.15) is 0 Å². The second-order valence-electron chi connectivity index (χ2n) is 6.26. The van der Waals surface area contributed by atoms with Crippen LogP contribution >= 0.6 is 35.6 Å². The second kappa shape index (κ2) is 11.6. The predicted molar refractivity (Wildman–Crippen MR) is 130 cm³/mol. The Labute approximate surface area is 191 Å². The summed E-state index contributed by atoms with van der Waals surface area (Å²) < 4.78 is 12.3. The van der Waals surface area contributed by atoms with E-state index in [1.165, 1.54) is 0 Å². The standard InChI is InChI=1S/C20H25ClN4OS.HI/c1-22-20(23-11-16-27(26)17-7-3-2-4-8-17)25-14-12-24(13-15-25)19-10-6-5-9-18(19)21;/h2-10H,11-16H2,1H3,(H,22,23);1H. The van der Waals surface area contributed by atoms with Gasteiger partial charge in [0.2, 0.25) is 0 Å². The molecule has 2 aromatic carbocycles. The van der Waals surface area contributed by atoms with Gasteiger partial charge < -0.3 is 15.1 Å². The van der Waals surface area contributed by atoms with Gasteiger partial charge in [-0.15, -0.1) is 24.0 Å². The van der Waals surface area contributed by atoms with Crippen molar-refractivity contribution in [2.75, 3.05) is 50.4 Å². The first-order valence-corrected chi connectivity index (χ1v) is 10.8. The fraction of sp³-hybridized carbons (Fsp3) is 0.350. The molecular weight excluding hydrogens is 507 g/mol. The van der Waals surface area contributed by atoms with Gasteiger partial charge in [-0.2, -0.15) is 0 Å². The summed E-state index contributed by atoms with van der Waals surface area (Å²) in [4.78, 5) is 9.79. The Kier molecular flexibility index (Phi) is 9.53.